The second kappa shape index (κ2) is 7.00. The van der Waals surface area contributed by atoms with E-state index in [0.717, 1.165) is 38.3 Å². The first kappa shape index (κ1) is 15.8. The molecule has 0 unspecified atom stereocenters. The van der Waals surface area contributed by atoms with E-state index in [1.54, 1.807) is 4.90 Å². The molecule has 0 aromatic heterocycles. The number of nitrogens with zero attached hydrogens (tertiary/aromatic N) is 2. The van der Waals surface area contributed by atoms with Gasteiger partial charge in [-0.2, -0.15) is 0 Å². The summed E-state index contributed by atoms with van der Waals surface area (Å²) in [6.45, 7) is 5.16. The van der Waals surface area contributed by atoms with Crippen LogP contribution in [0.5, 0.6) is 5.75 Å². The van der Waals surface area contributed by atoms with Crippen molar-refractivity contribution in [2.24, 2.45) is 0 Å². The van der Waals surface area contributed by atoms with Crippen molar-refractivity contribution in [2.75, 3.05) is 37.7 Å². The van der Waals surface area contributed by atoms with E-state index in [-0.39, 0.29) is 18.4 Å². The van der Waals surface area contributed by atoms with E-state index in [9.17, 15) is 9.59 Å². The van der Waals surface area contributed by atoms with Gasteiger partial charge in [0, 0.05) is 44.3 Å². The van der Waals surface area contributed by atoms with Gasteiger partial charge in [0.05, 0.1) is 0 Å². The molecular formula is C17H23N3O3. The third kappa shape index (κ3) is 3.82. The van der Waals surface area contributed by atoms with E-state index in [4.69, 9.17) is 4.74 Å². The highest BCUT2D eigenvalue weighted by Crippen LogP contribution is 2.23. The molecule has 2 fully saturated rings. The zero-order chi connectivity index (χ0) is 16.2. The Bertz CT molecular complexity index is 573. The zero-order valence-corrected chi connectivity index (χ0v) is 13.5. The maximum absolute atomic E-state index is 12.2. The van der Waals surface area contributed by atoms with Gasteiger partial charge in [-0.1, -0.05) is 0 Å². The summed E-state index contributed by atoms with van der Waals surface area (Å²) in [6.07, 6.45) is 1.53. The van der Waals surface area contributed by atoms with Gasteiger partial charge >= 0.3 is 0 Å². The van der Waals surface area contributed by atoms with E-state index in [0.29, 0.717) is 18.2 Å². The van der Waals surface area contributed by atoms with Crippen LogP contribution >= 0.6 is 0 Å². The van der Waals surface area contributed by atoms with Gasteiger partial charge in [-0.3, -0.25) is 9.59 Å². The van der Waals surface area contributed by atoms with Gasteiger partial charge < -0.3 is 19.9 Å². The standard InChI is InChI=1S/C17H23N3O3/c1-13-11-19(10-8-18-13)17(22)12-23-15-6-4-14(5-7-15)20-9-2-3-16(20)21/h4-7,13,18H,2-3,8-12H2,1H3/t13-/m1/s1. The fraction of sp³-hybridized carbons (Fsp3) is 0.529. The summed E-state index contributed by atoms with van der Waals surface area (Å²) in [5.74, 6) is 0.829. The summed E-state index contributed by atoms with van der Waals surface area (Å²) in [5, 5.41) is 3.31. The average Bonchev–Trinajstić information content (AvgIpc) is 2.99. The highest BCUT2D eigenvalue weighted by Gasteiger charge is 2.22. The lowest BCUT2D eigenvalue weighted by Gasteiger charge is -2.31. The van der Waals surface area contributed by atoms with Gasteiger partial charge in [0.25, 0.3) is 5.91 Å². The summed E-state index contributed by atoms with van der Waals surface area (Å²) >= 11 is 0. The minimum Gasteiger partial charge on any atom is -0.484 e. The second-order valence-electron chi connectivity index (χ2n) is 6.13. The summed E-state index contributed by atoms with van der Waals surface area (Å²) in [6, 6.07) is 7.69. The van der Waals surface area contributed by atoms with Crippen LogP contribution in [0.25, 0.3) is 0 Å². The van der Waals surface area contributed by atoms with Crippen LogP contribution in [-0.4, -0.2) is 55.5 Å². The minimum absolute atomic E-state index is 0.0112. The van der Waals surface area contributed by atoms with E-state index in [1.165, 1.54) is 0 Å². The lowest BCUT2D eigenvalue weighted by atomic mass is 10.2. The lowest BCUT2D eigenvalue weighted by Crippen LogP contribution is -2.52. The third-order valence-electron chi connectivity index (χ3n) is 4.31. The number of benzene rings is 1. The number of anilines is 1. The van der Waals surface area contributed by atoms with E-state index >= 15 is 0 Å². The van der Waals surface area contributed by atoms with Crippen LogP contribution in [-0.2, 0) is 9.59 Å². The maximum atomic E-state index is 12.2. The summed E-state index contributed by atoms with van der Waals surface area (Å²) in [5.41, 5.74) is 0.891. The van der Waals surface area contributed by atoms with Crippen LogP contribution in [0.15, 0.2) is 24.3 Å². The van der Waals surface area contributed by atoms with Crippen LogP contribution in [0.3, 0.4) is 0 Å². The molecule has 2 aliphatic rings. The summed E-state index contributed by atoms with van der Waals surface area (Å²) in [4.78, 5) is 27.5. The van der Waals surface area contributed by atoms with Gasteiger partial charge in [-0.15, -0.1) is 0 Å². The van der Waals surface area contributed by atoms with Crippen molar-refractivity contribution < 1.29 is 14.3 Å². The van der Waals surface area contributed by atoms with E-state index < -0.39 is 0 Å². The zero-order valence-electron chi connectivity index (χ0n) is 13.5. The summed E-state index contributed by atoms with van der Waals surface area (Å²) < 4.78 is 5.59. The molecule has 0 aliphatic carbocycles. The quantitative estimate of drug-likeness (QED) is 0.900. The van der Waals surface area contributed by atoms with Crippen LogP contribution in [0, 0.1) is 0 Å². The van der Waals surface area contributed by atoms with Crippen LogP contribution in [0.2, 0.25) is 0 Å². The highest BCUT2D eigenvalue weighted by molar-refractivity contribution is 5.95. The molecular weight excluding hydrogens is 294 g/mol. The van der Waals surface area contributed by atoms with Gasteiger partial charge in [0.15, 0.2) is 6.61 Å². The van der Waals surface area contributed by atoms with Crippen LogP contribution in [0.4, 0.5) is 5.69 Å². The third-order valence-corrected chi connectivity index (χ3v) is 4.31. The SMILES string of the molecule is C[C@@H]1CN(C(=O)COc2ccc(N3CCCC3=O)cc2)CCN1. The van der Waals surface area contributed by atoms with Crippen LogP contribution < -0.4 is 15.0 Å². The fourth-order valence-corrected chi connectivity index (χ4v) is 3.04. The van der Waals surface area contributed by atoms with E-state index in [1.807, 2.05) is 29.2 Å². The number of carbonyl (C=O) groups is 2. The van der Waals surface area contributed by atoms with Crippen molar-refractivity contribution in [2.45, 2.75) is 25.8 Å². The number of amides is 2. The number of rotatable bonds is 4. The number of ether oxygens (including phenoxy) is 1. The molecule has 0 radical (unpaired) electrons. The van der Waals surface area contributed by atoms with E-state index in [2.05, 4.69) is 12.2 Å². The molecule has 0 saturated carbocycles. The number of hydrogen-bond acceptors (Lipinski definition) is 4. The Morgan fingerprint density at radius 2 is 2.09 bits per heavy atom. The molecule has 3 rings (SSSR count). The molecule has 1 aromatic carbocycles. The first-order chi connectivity index (χ1) is 11.1. The van der Waals surface area contributed by atoms with Gasteiger partial charge in [0.2, 0.25) is 5.91 Å². The van der Waals surface area contributed by atoms with Crippen molar-refractivity contribution in [3.8, 4) is 5.75 Å². The number of piperazine rings is 1. The molecule has 1 N–H and O–H groups in total. The monoisotopic (exact) mass is 317 g/mol. The Kier molecular flexibility index (Phi) is 4.81. The molecule has 2 saturated heterocycles. The Morgan fingerprint density at radius 1 is 1.30 bits per heavy atom. The fourth-order valence-electron chi connectivity index (χ4n) is 3.04. The van der Waals surface area contributed by atoms with Crippen molar-refractivity contribution in [1.29, 1.82) is 0 Å². The lowest BCUT2D eigenvalue weighted by molar-refractivity contribution is -0.134. The first-order valence-electron chi connectivity index (χ1n) is 8.18. The van der Waals surface area contributed by atoms with Crippen molar-refractivity contribution in [1.82, 2.24) is 10.2 Å². The molecule has 23 heavy (non-hydrogen) atoms. The molecule has 6 nitrogen and oxygen atoms in total. The smallest absolute Gasteiger partial charge is 0.260 e. The largest absolute Gasteiger partial charge is 0.484 e. The molecule has 2 heterocycles. The highest BCUT2D eigenvalue weighted by atomic mass is 16.5. The maximum Gasteiger partial charge on any atom is 0.260 e. The van der Waals surface area contributed by atoms with Crippen molar-refractivity contribution in [3.05, 3.63) is 24.3 Å². The Labute approximate surface area is 136 Å². The molecule has 2 amide bonds. The van der Waals surface area contributed by atoms with Gasteiger partial charge in [-0.25, -0.2) is 0 Å². The minimum atomic E-state index is 0.0112. The van der Waals surface area contributed by atoms with Gasteiger partial charge in [0.1, 0.15) is 5.75 Å². The number of nitrogens with one attached hydrogen (secondary N) is 1. The Morgan fingerprint density at radius 3 is 2.74 bits per heavy atom. The molecule has 2 aliphatic heterocycles. The predicted molar refractivity (Wildman–Crippen MR) is 87.6 cm³/mol. The topological polar surface area (TPSA) is 61.9 Å². The normalized spacial score (nSPS) is 21.6. The predicted octanol–water partition coefficient (Wildman–Crippen LogP) is 1.01. The summed E-state index contributed by atoms with van der Waals surface area (Å²) in [7, 11) is 0. The molecule has 124 valence electrons. The molecule has 6 heteroatoms. The van der Waals surface area contributed by atoms with Crippen molar-refractivity contribution in [3.63, 3.8) is 0 Å². The Balaban J connectivity index is 1.52. The number of carbonyl (C=O) groups excluding carboxylic acids is 2. The first-order valence-corrected chi connectivity index (χ1v) is 8.18. The molecule has 1 atom stereocenters. The van der Waals surface area contributed by atoms with Crippen molar-refractivity contribution >= 4 is 17.5 Å². The molecule has 0 bridgehead atoms. The molecule has 0 spiro atoms. The molecule has 1 aromatic rings. The number of hydrogen-bond donors (Lipinski definition) is 1. The second-order valence-corrected chi connectivity index (χ2v) is 6.13. The average molecular weight is 317 g/mol. The van der Waals surface area contributed by atoms with Gasteiger partial charge in [-0.05, 0) is 37.6 Å². The Hall–Kier alpha value is -2.08. The van der Waals surface area contributed by atoms with Crippen LogP contribution in [0.1, 0.15) is 19.8 Å².